The molecule has 0 aliphatic rings. The van der Waals surface area contributed by atoms with Crippen molar-refractivity contribution in [2.24, 2.45) is 11.1 Å². The number of likely N-dealkylation sites (N-methyl/N-ethyl adjacent to an activating group) is 1. The molecule has 14 heavy (non-hydrogen) atoms. The van der Waals surface area contributed by atoms with Gasteiger partial charge in [-0.1, -0.05) is 20.8 Å². The van der Waals surface area contributed by atoms with Crippen molar-refractivity contribution in [3.63, 3.8) is 0 Å². The van der Waals surface area contributed by atoms with Crippen LogP contribution in [0, 0.1) is 5.41 Å². The summed E-state index contributed by atoms with van der Waals surface area (Å²) in [5.41, 5.74) is 5.74. The molecular weight excluding hydrogens is 176 g/mol. The van der Waals surface area contributed by atoms with Crippen LogP contribution in [-0.2, 0) is 0 Å². The molecule has 0 aliphatic heterocycles. The Bertz CT molecular complexity index is 143. The van der Waals surface area contributed by atoms with E-state index in [9.17, 15) is 5.11 Å². The molecule has 3 nitrogen and oxygen atoms in total. The van der Waals surface area contributed by atoms with Gasteiger partial charge in [0, 0.05) is 6.54 Å². The highest BCUT2D eigenvalue weighted by atomic mass is 16.3. The first-order chi connectivity index (χ1) is 6.35. The number of aliphatic hydroxyl groups excluding tert-OH is 1. The van der Waals surface area contributed by atoms with Crippen LogP contribution in [0.2, 0.25) is 0 Å². The second-order valence-corrected chi connectivity index (χ2v) is 5.30. The third kappa shape index (κ3) is 8.48. The van der Waals surface area contributed by atoms with Gasteiger partial charge in [0.25, 0.3) is 0 Å². The molecule has 0 fully saturated rings. The third-order valence-electron chi connectivity index (χ3n) is 2.27. The van der Waals surface area contributed by atoms with Crippen LogP contribution in [0.5, 0.6) is 0 Å². The molecule has 0 aromatic rings. The van der Waals surface area contributed by atoms with E-state index in [4.69, 9.17) is 5.73 Å². The third-order valence-corrected chi connectivity index (χ3v) is 2.27. The highest BCUT2D eigenvalue weighted by molar-refractivity contribution is 4.67. The Hall–Kier alpha value is -0.120. The number of rotatable bonds is 6. The number of hydrogen-bond acceptors (Lipinski definition) is 3. The van der Waals surface area contributed by atoms with Gasteiger partial charge in [-0.3, -0.25) is 0 Å². The Morgan fingerprint density at radius 3 is 2.36 bits per heavy atom. The molecule has 0 aromatic heterocycles. The minimum atomic E-state index is -0.273. The summed E-state index contributed by atoms with van der Waals surface area (Å²) < 4.78 is 0. The lowest BCUT2D eigenvalue weighted by Crippen LogP contribution is -2.32. The van der Waals surface area contributed by atoms with E-state index in [2.05, 4.69) is 25.7 Å². The van der Waals surface area contributed by atoms with Crippen LogP contribution in [0.15, 0.2) is 0 Å². The van der Waals surface area contributed by atoms with Gasteiger partial charge in [0.15, 0.2) is 0 Å². The average Bonchev–Trinajstić information content (AvgIpc) is 2.00. The molecule has 0 aromatic carbocycles. The van der Waals surface area contributed by atoms with Gasteiger partial charge in [0.1, 0.15) is 0 Å². The average molecular weight is 202 g/mol. The van der Waals surface area contributed by atoms with E-state index < -0.39 is 0 Å². The zero-order chi connectivity index (χ0) is 11.2. The fourth-order valence-corrected chi connectivity index (χ4v) is 1.26. The largest absolute Gasteiger partial charge is 0.392 e. The van der Waals surface area contributed by atoms with Crippen LogP contribution in [0.25, 0.3) is 0 Å². The maximum absolute atomic E-state index is 9.53. The van der Waals surface area contributed by atoms with E-state index in [1.807, 2.05) is 7.05 Å². The minimum Gasteiger partial charge on any atom is -0.392 e. The van der Waals surface area contributed by atoms with E-state index in [-0.39, 0.29) is 6.10 Å². The first-order valence-electron chi connectivity index (χ1n) is 5.42. The molecule has 0 radical (unpaired) electrons. The molecule has 0 aliphatic carbocycles. The highest BCUT2D eigenvalue weighted by Gasteiger charge is 2.13. The van der Waals surface area contributed by atoms with Gasteiger partial charge in [-0.25, -0.2) is 0 Å². The number of hydrogen-bond donors (Lipinski definition) is 2. The van der Waals surface area contributed by atoms with Crippen molar-refractivity contribution in [3.05, 3.63) is 0 Å². The lowest BCUT2D eigenvalue weighted by Gasteiger charge is -2.25. The second-order valence-electron chi connectivity index (χ2n) is 5.30. The first kappa shape index (κ1) is 13.9. The summed E-state index contributed by atoms with van der Waals surface area (Å²) in [6, 6.07) is 0. The van der Waals surface area contributed by atoms with Gasteiger partial charge in [-0.05, 0) is 38.4 Å². The van der Waals surface area contributed by atoms with Crippen LogP contribution in [0.4, 0.5) is 0 Å². The Balaban J connectivity index is 3.59. The minimum absolute atomic E-state index is 0.273. The maximum atomic E-state index is 9.53. The molecule has 3 N–H and O–H groups in total. The van der Waals surface area contributed by atoms with Crippen molar-refractivity contribution in [1.29, 1.82) is 0 Å². The van der Waals surface area contributed by atoms with Crippen molar-refractivity contribution in [3.8, 4) is 0 Å². The van der Waals surface area contributed by atoms with E-state index >= 15 is 0 Å². The molecule has 0 spiro atoms. The molecule has 0 saturated heterocycles. The fourth-order valence-electron chi connectivity index (χ4n) is 1.26. The predicted molar refractivity (Wildman–Crippen MR) is 61.2 cm³/mol. The van der Waals surface area contributed by atoms with Crippen molar-refractivity contribution in [2.45, 2.75) is 39.7 Å². The predicted octanol–water partition coefficient (Wildman–Crippen LogP) is 1.06. The number of nitrogens with zero attached hydrogens (tertiary/aromatic N) is 1. The van der Waals surface area contributed by atoms with Crippen LogP contribution < -0.4 is 5.73 Å². The Kier molecular flexibility index (Phi) is 6.33. The molecule has 0 bridgehead atoms. The molecule has 0 heterocycles. The van der Waals surface area contributed by atoms with Crippen molar-refractivity contribution < 1.29 is 5.11 Å². The summed E-state index contributed by atoms with van der Waals surface area (Å²) >= 11 is 0. The SMILES string of the molecule is CN(CCC(C)(C)C)CC(O)CCN. The first-order valence-corrected chi connectivity index (χ1v) is 5.42. The molecule has 0 rings (SSSR count). The number of nitrogens with two attached hydrogens (primary N) is 1. The number of aliphatic hydroxyl groups is 1. The van der Waals surface area contributed by atoms with E-state index in [1.54, 1.807) is 0 Å². The van der Waals surface area contributed by atoms with Crippen LogP contribution in [0.3, 0.4) is 0 Å². The van der Waals surface area contributed by atoms with Crippen molar-refractivity contribution in [1.82, 2.24) is 4.90 Å². The lowest BCUT2D eigenvalue weighted by atomic mass is 9.92. The maximum Gasteiger partial charge on any atom is 0.0679 e. The van der Waals surface area contributed by atoms with Gasteiger partial charge < -0.3 is 15.7 Å². The summed E-state index contributed by atoms with van der Waals surface area (Å²) in [6.45, 7) is 9.03. The van der Waals surface area contributed by atoms with Gasteiger partial charge in [0.2, 0.25) is 0 Å². The Labute approximate surface area is 88.3 Å². The molecule has 0 saturated carbocycles. The van der Waals surface area contributed by atoms with Gasteiger partial charge in [-0.15, -0.1) is 0 Å². The normalized spacial score (nSPS) is 14.8. The molecule has 3 heteroatoms. The summed E-state index contributed by atoms with van der Waals surface area (Å²) in [6.07, 6.45) is 1.57. The van der Waals surface area contributed by atoms with E-state index in [0.717, 1.165) is 19.5 Å². The van der Waals surface area contributed by atoms with Crippen LogP contribution in [-0.4, -0.2) is 42.8 Å². The standard InChI is InChI=1S/C11H26N2O/c1-11(2,3)6-8-13(4)9-10(14)5-7-12/h10,14H,5-9,12H2,1-4H3. The molecule has 0 amide bonds. The summed E-state index contributed by atoms with van der Waals surface area (Å²) in [5.74, 6) is 0. The quantitative estimate of drug-likeness (QED) is 0.677. The van der Waals surface area contributed by atoms with Gasteiger partial charge in [0.05, 0.1) is 6.10 Å². The van der Waals surface area contributed by atoms with E-state index in [1.165, 1.54) is 0 Å². The van der Waals surface area contributed by atoms with E-state index in [0.29, 0.717) is 18.4 Å². The Morgan fingerprint density at radius 1 is 1.36 bits per heavy atom. The lowest BCUT2D eigenvalue weighted by molar-refractivity contribution is 0.114. The van der Waals surface area contributed by atoms with Gasteiger partial charge >= 0.3 is 0 Å². The summed E-state index contributed by atoms with van der Waals surface area (Å²) in [7, 11) is 2.05. The van der Waals surface area contributed by atoms with Crippen molar-refractivity contribution >= 4 is 0 Å². The molecule has 86 valence electrons. The fraction of sp³-hybridized carbons (Fsp3) is 1.00. The monoisotopic (exact) mass is 202 g/mol. The van der Waals surface area contributed by atoms with Crippen LogP contribution in [0.1, 0.15) is 33.6 Å². The van der Waals surface area contributed by atoms with Gasteiger partial charge in [-0.2, -0.15) is 0 Å². The zero-order valence-corrected chi connectivity index (χ0v) is 10.1. The Morgan fingerprint density at radius 2 is 1.93 bits per heavy atom. The second kappa shape index (κ2) is 6.38. The summed E-state index contributed by atoms with van der Waals surface area (Å²) in [4.78, 5) is 2.17. The topological polar surface area (TPSA) is 49.5 Å². The zero-order valence-electron chi connectivity index (χ0n) is 10.1. The smallest absolute Gasteiger partial charge is 0.0679 e. The van der Waals surface area contributed by atoms with Crippen molar-refractivity contribution in [2.75, 3.05) is 26.7 Å². The summed E-state index contributed by atoms with van der Waals surface area (Å²) in [5, 5.41) is 9.53. The molecule has 1 unspecified atom stereocenters. The highest BCUT2D eigenvalue weighted by Crippen LogP contribution is 2.18. The molecule has 1 atom stereocenters. The van der Waals surface area contributed by atoms with Crippen LogP contribution >= 0.6 is 0 Å². The molecular formula is C11H26N2O.